The Morgan fingerprint density at radius 3 is 2.03 bits per heavy atom. The number of nitrogens with zero attached hydrogens (tertiary/aromatic N) is 5. The number of aromatic nitrogens is 3. The molecule has 1 saturated heterocycles. The Morgan fingerprint density at radius 2 is 1.42 bits per heavy atom. The summed E-state index contributed by atoms with van der Waals surface area (Å²) in [5.41, 5.74) is -0.116. The van der Waals surface area contributed by atoms with Crippen molar-refractivity contribution in [3.8, 4) is 0 Å². The van der Waals surface area contributed by atoms with Crippen molar-refractivity contribution in [3.05, 3.63) is 73.5 Å². The van der Waals surface area contributed by atoms with Crippen molar-refractivity contribution in [2.75, 3.05) is 26.2 Å². The van der Waals surface area contributed by atoms with Gasteiger partial charge in [-0.05, 0) is 36.4 Å². The van der Waals surface area contributed by atoms with Gasteiger partial charge in [0.2, 0.25) is 0 Å². The standard InChI is InChI=1S/C21H20ClN5O4/c1-24-17-15(19(29)25(2)21(24)31)7-8-16(23-17)20(30)27-11-9-26(10-12-27)18(28)13-3-5-14(22)6-4-13/h3-8H,9-12H2,1-2H3. The van der Waals surface area contributed by atoms with Gasteiger partial charge >= 0.3 is 5.69 Å². The minimum atomic E-state index is -0.510. The Bertz CT molecular complexity index is 1300. The third-order valence-electron chi connectivity index (χ3n) is 5.47. The smallest absolute Gasteiger partial charge is 0.332 e. The Labute approximate surface area is 182 Å². The molecule has 9 nitrogen and oxygen atoms in total. The zero-order valence-corrected chi connectivity index (χ0v) is 17.8. The first-order chi connectivity index (χ1) is 14.8. The van der Waals surface area contributed by atoms with E-state index in [9.17, 15) is 19.2 Å². The average molecular weight is 442 g/mol. The van der Waals surface area contributed by atoms with Crippen LogP contribution in [-0.2, 0) is 14.1 Å². The fourth-order valence-corrected chi connectivity index (χ4v) is 3.75. The Hall–Kier alpha value is -3.46. The Balaban J connectivity index is 1.52. The molecule has 31 heavy (non-hydrogen) atoms. The van der Waals surface area contributed by atoms with Crippen LogP contribution in [0.15, 0.2) is 46.0 Å². The monoisotopic (exact) mass is 441 g/mol. The maximum Gasteiger partial charge on any atom is 0.332 e. The summed E-state index contributed by atoms with van der Waals surface area (Å²) in [6.45, 7) is 1.49. The van der Waals surface area contributed by atoms with E-state index in [1.807, 2.05) is 0 Å². The van der Waals surface area contributed by atoms with E-state index in [-0.39, 0.29) is 28.5 Å². The highest BCUT2D eigenvalue weighted by molar-refractivity contribution is 6.30. The quantitative estimate of drug-likeness (QED) is 0.588. The van der Waals surface area contributed by atoms with Crippen LogP contribution in [0, 0.1) is 0 Å². The molecular weight excluding hydrogens is 422 g/mol. The van der Waals surface area contributed by atoms with E-state index >= 15 is 0 Å². The minimum Gasteiger partial charge on any atom is -0.335 e. The molecule has 0 bridgehead atoms. The fraction of sp³-hybridized carbons (Fsp3) is 0.286. The lowest BCUT2D eigenvalue weighted by Crippen LogP contribution is -2.50. The number of carbonyl (C=O) groups excluding carboxylic acids is 2. The highest BCUT2D eigenvalue weighted by Crippen LogP contribution is 2.15. The number of pyridine rings is 1. The second kappa shape index (κ2) is 7.99. The molecule has 10 heteroatoms. The molecule has 0 spiro atoms. The van der Waals surface area contributed by atoms with Gasteiger partial charge in [-0.1, -0.05) is 11.6 Å². The topological polar surface area (TPSA) is 97.5 Å². The predicted octanol–water partition coefficient (Wildman–Crippen LogP) is 0.884. The summed E-state index contributed by atoms with van der Waals surface area (Å²) in [7, 11) is 2.90. The van der Waals surface area contributed by atoms with Crippen molar-refractivity contribution >= 4 is 34.4 Å². The first-order valence-corrected chi connectivity index (χ1v) is 10.1. The number of fused-ring (bicyclic) bond motifs is 1. The molecule has 0 saturated carbocycles. The SMILES string of the molecule is Cn1c(=O)c2ccc(C(=O)N3CCN(C(=O)c4ccc(Cl)cc4)CC3)nc2n(C)c1=O. The summed E-state index contributed by atoms with van der Waals surface area (Å²) in [6, 6.07) is 9.69. The summed E-state index contributed by atoms with van der Waals surface area (Å²) in [5, 5.41) is 0.824. The van der Waals surface area contributed by atoms with Gasteiger partial charge in [-0.3, -0.25) is 23.5 Å². The number of aryl methyl sites for hydroxylation is 1. The van der Waals surface area contributed by atoms with E-state index < -0.39 is 11.2 Å². The van der Waals surface area contributed by atoms with Crippen LogP contribution >= 0.6 is 11.6 Å². The van der Waals surface area contributed by atoms with Crippen molar-refractivity contribution in [1.82, 2.24) is 23.9 Å². The van der Waals surface area contributed by atoms with Gasteiger partial charge in [0.1, 0.15) is 11.3 Å². The number of hydrogen-bond acceptors (Lipinski definition) is 5. The van der Waals surface area contributed by atoms with Crippen LogP contribution in [0.25, 0.3) is 11.0 Å². The maximum atomic E-state index is 13.0. The largest absolute Gasteiger partial charge is 0.335 e. The van der Waals surface area contributed by atoms with Gasteiger partial charge in [0, 0.05) is 50.9 Å². The van der Waals surface area contributed by atoms with Crippen LogP contribution in [0.1, 0.15) is 20.8 Å². The molecule has 160 valence electrons. The third-order valence-corrected chi connectivity index (χ3v) is 5.72. The van der Waals surface area contributed by atoms with Crippen molar-refractivity contribution in [3.63, 3.8) is 0 Å². The van der Waals surface area contributed by atoms with Crippen LogP contribution < -0.4 is 11.2 Å². The van der Waals surface area contributed by atoms with E-state index in [1.165, 1.54) is 30.8 Å². The van der Waals surface area contributed by atoms with E-state index in [0.717, 1.165) is 4.57 Å². The fourth-order valence-electron chi connectivity index (χ4n) is 3.62. The van der Waals surface area contributed by atoms with E-state index in [2.05, 4.69) is 4.98 Å². The number of carbonyl (C=O) groups is 2. The third kappa shape index (κ3) is 3.72. The molecular formula is C21H20ClN5O4. The van der Waals surface area contributed by atoms with Crippen LogP contribution in [0.3, 0.4) is 0 Å². The number of benzene rings is 1. The predicted molar refractivity (Wildman–Crippen MR) is 115 cm³/mol. The minimum absolute atomic E-state index is 0.113. The van der Waals surface area contributed by atoms with Gasteiger partial charge in [0.15, 0.2) is 0 Å². The van der Waals surface area contributed by atoms with Crippen molar-refractivity contribution in [1.29, 1.82) is 0 Å². The van der Waals surface area contributed by atoms with Crippen LogP contribution in [0.2, 0.25) is 5.02 Å². The van der Waals surface area contributed by atoms with Gasteiger partial charge in [-0.2, -0.15) is 0 Å². The number of halogens is 1. The molecule has 2 amide bonds. The van der Waals surface area contributed by atoms with Crippen LogP contribution in [0.4, 0.5) is 0 Å². The van der Waals surface area contributed by atoms with Crippen molar-refractivity contribution < 1.29 is 9.59 Å². The molecule has 0 unspecified atom stereocenters. The molecule has 3 aromatic rings. The van der Waals surface area contributed by atoms with Gasteiger partial charge in [0.05, 0.1) is 5.39 Å². The molecule has 1 aliphatic rings. The maximum absolute atomic E-state index is 13.0. The molecule has 1 aliphatic heterocycles. The first-order valence-electron chi connectivity index (χ1n) is 9.69. The summed E-state index contributed by atoms with van der Waals surface area (Å²) in [4.78, 5) is 57.6. The van der Waals surface area contributed by atoms with E-state index in [1.54, 1.807) is 34.1 Å². The molecule has 0 radical (unpaired) electrons. The Morgan fingerprint density at radius 1 is 0.839 bits per heavy atom. The zero-order valence-electron chi connectivity index (χ0n) is 17.0. The second-order valence-electron chi connectivity index (χ2n) is 7.36. The van der Waals surface area contributed by atoms with Gasteiger partial charge in [-0.25, -0.2) is 9.78 Å². The molecule has 1 aromatic carbocycles. The van der Waals surface area contributed by atoms with E-state index in [0.29, 0.717) is 36.8 Å². The first kappa shape index (κ1) is 20.8. The van der Waals surface area contributed by atoms with Crippen molar-refractivity contribution in [2.45, 2.75) is 0 Å². The summed E-state index contributed by atoms with van der Waals surface area (Å²) < 4.78 is 2.25. The molecule has 4 rings (SSSR count). The van der Waals surface area contributed by atoms with Crippen LogP contribution in [0.5, 0.6) is 0 Å². The lowest BCUT2D eigenvalue weighted by molar-refractivity contribution is 0.0532. The van der Waals surface area contributed by atoms with Crippen molar-refractivity contribution in [2.24, 2.45) is 14.1 Å². The lowest BCUT2D eigenvalue weighted by Gasteiger charge is -2.34. The van der Waals surface area contributed by atoms with Crippen LogP contribution in [-0.4, -0.2) is 61.9 Å². The molecule has 2 aromatic heterocycles. The normalized spacial score (nSPS) is 14.2. The van der Waals surface area contributed by atoms with Gasteiger partial charge in [-0.15, -0.1) is 0 Å². The highest BCUT2D eigenvalue weighted by atomic mass is 35.5. The summed E-state index contributed by atoms with van der Waals surface area (Å²) >= 11 is 5.87. The summed E-state index contributed by atoms with van der Waals surface area (Å²) in [5.74, 6) is -0.424. The molecule has 0 atom stereocenters. The molecule has 1 fully saturated rings. The Kier molecular flexibility index (Phi) is 5.36. The average Bonchev–Trinajstić information content (AvgIpc) is 2.80. The number of amides is 2. The molecule has 3 heterocycles. The number of hydrogen-bond donors (Lipinski definition) is 0. The zero-order chi connectivity index (χ0) is 22.3. The highest BCUT2D eigenvalue weighted by Gasteiger charge is 2.26. The molecule has 0 N–H and O–H groups in total. The summed E-state index contributed by atoms with van der Waals surface area (Å²) in [6.07, 6.45) is 0. The molecule has 0 aliphatic carbocycles. The number of piperazine rings is 1. The lowest BCUT2D eigenvalue weighted by atomic mass is 10.1. The van der Waals surface area contributed by atoms with Gasteiger partial charge in [0.25, 0.3) is 17.4 Å². The van der Waals surface area contributed by atoms with E-state index in [4.69, 9.17) is 11.6 Å². The second-order valence-corrected chi connectivity index (χ2v) is 7.80. The number of rotatable bonds is 2. The van der Waals surface area contributed by atoms with Gasteiger partial charge < -0.3 is 9.80 Å².